The fourth-order valence-corrected chi connectivity index (χ4v) is 9.93. The van der Waals surface area contributed by atoms with Gasteiger partial charge in [-0.2, -0.15) is 0 Å². The quantitative estimate of drug-likeness (QED) is 0.338. The number of likely N-dealkylation sites (tertiary alicyclic amines) is 1. The van der Waals surface area contributed by atoms with Crippen LogP contribution in [0.1, 0.15) is 53.4 Å². The van der Waals surface area contributed by atoms with Crippen LogP contribution in [-0.4, -0.2) is 73.9 Å². The number of hydrogen-bond donors (Lipinski definition) is 3. The van der Waals surface area contributed by atoms with E-state index in [2.05, 4.69) is 33.5 Å². The highest BCUT2D eigenvalue weighted by Gasteiger charge is 2.76. The molecule has 1 aromatic carbocycles. The molecule has 0 radical (unpaired) electrons. The molecular formula is C27H38BrN3O5S. The van der Waals surface area contributed by atoms with Gasteiger partial charge in [-0.05, 0) is 57.4 Å². The minimum atomic E-state index is -0.736. The van der Waals surface area contributed by atoms with Crippen molar-refractivity contribution in [3.8, 4) is 5.75 Å². The summed E-state index contributed by atoms with van der Waals surface area (Å²) in [6.07, 6.45) is 2.91. The fourth-order valence-electron chi connectivity index (χ4n) is 6.33. The molecule has 0 aliphatic carbocycles. The van der Waals surface area contributed by atoms with Crippen LogP contribution < -0.4 is 15.4 Å². The molecule has 1 spiro atoms. The van der Waals surface area contributed by atoms with Crippen LogP contribution in [0, 0.1) is 11.8 Å². The number of fused-ring (bicyclic) bond motifs is 1. The summed E-state index contributed by atoms with van der Waals surface area (Å²) in [7, 11) is 0. The fraction of sp³-hybridized carbons (Fsp3) is 0.667. The lowest BCUT2D eigenvalue weighted by molar-refractivity contribution is -0.142. The Labute approximate surface area is 231 Å². The van der Waals surface area contributed by atoms with Gasteiger partial charge in [0.2, 0.25) is 17.7 Å². The number of benzene rings is 1. The summed E-state index contributed by atoms with van der Waals surface area (Å²) in [5.41, 5.74) is 0.633. The van der Waals surface area contributed by atoms with E-state index in [4.69, 9.17) is 4.74 Å². The average Bonchev–Trinajstić information content (AvgIpc) is 3.45. The molecule has 4 rings (SSSR count). The Bertz CT molecular complexity index is 1010. The minimum Gasteiger partial charge on any atom is -0.494 e. The predicted molar refractivity (Wildman–Crippen MR) is 149 cm³/mol. The van der Waals surface area contributed by atoms with Gasteiger partial charge in [-0.3, -0.25) is 14.4 Å². The number of aliphatic hydroxyl groups excluding tert-OH is 1. The number of hydrogen-bond acceptors (Lipinski definition) is 6. The van der Waals surface area contributed by atoms with Crippen LogP contribution >= 0.6 is 27.7 Å². The van der Waals surface area contributed by atoms with Crippen molar-refractivity contribution in [3.05, 3.63) is 24.3 Å². The van der Waals surface area contributed by atoms with E-state index >= 15 is 0 Å². The maximum atomic E-state index is 14.1. The van der Waals surface area contributed by atoms with Gasteiger partial charge in [-0.15, -0.1) is 11.8 Å². The van der Waals surface area contributed by atoms with Gasteiger partial charge in [0.05, 0.1) is 35.8 Å². The van der Waals surface area contributed by atoms with Gasteiger partial charge in [-0.1, -0.05) is 36.2 Å². The van der Waals surface area contributed by atoms with Gasteiger partial charge in [-0.25, -0.2) is 0 Å². The van der Waals surface area contributed by atoms with Crippen molar-refractivity contribution in [2.45, 2.75) is 86.3 Å². The molecule has 0 aromatic heterocycles. The molecule has 0 saturated carbocycles. The van der Waals surface area contributed by atoms with Crippen LogP contribution in [0.15, 0.2) is 24.3 Å². The van der Waals surface area contributed by atoms with E-state index in [-0.39, 0.29) is 40.4 Å². The molecular weight excluding hydrogens is 558 g/mol. The molecule has 2 bridgehead atoms. The first-order chi connectivity index (χ1) is 17.7. The Morgan fingerprint density at radius 2 is 1.95 bits per heavy atom. The number of amides is 3. The number of carbonyl (C=O) groups excluding carboxylic acids is 3. The summed E-state index contributed by atoms with van der Waals surface area (Å²) in [5, 5.41) is 16.2. The maximum Gasteiger partial charge on any atom is 0.244 e. The number of anilines is 1. The molecule has 8 atom stereocenters. The molecule has 3 aliphatic heterocycles. The molecule has 4 unspecified atom stereocenters. The molecule has 8 nitrogen and oxygen atoms in total. The van der Waals surface area contributed by atoms with E-state index in [1.807, 2.05) is 20.8 Å². The lowest BCUT2D eigenvalue weighted by Gasteiger charge is -2.37. The summed E-state index contributed by atoms with van der Waals surface area (Å²) in [6, 6.07) is 5.94. The number of thioether (sulfide) groups is 1. The number of nitrogens with zero attached hydrogens (tertiary/aromatic N) is 1. The molecule has 3 saturated heterocycles. The second-order valence-corrected chi connectivity index (χ2v) is 13.0. The number of nitrogens with one attached hydrogen (secondary N) is 2. The van der Waals surface area contributed by atoms with Crippen LogP contribution in [0.4, 0.5) is 5.69 Å². The summed E-state index contributed by atoms with van der Waals surface area (Å²) < 4.78 is 4.76. The number of rotatable bonds is 11. The molecule has 10 heteroatoms. The standard InChI is InChI=1S/C27H38BrN3O5S/c1-5-8-15(4)29-25(34)23-27-13-19(28)22(37-27)20(21(27)26(35)31(23)17(6-2)14-32)24(33)30-16-9-11-18(12-10-16)36-7-3/h9-12,15,17,19-23,32H,5-8,13-14H2,1-4H3,(H,29,34)(H,30,33)/t15?,17-,19?,20+,21-,22+,23?,27?/m0/s1. The predicted octanol–water partition coefficient (Wildman–Crippen LogP) is 3.56. The summed E-state index contributed by atoms with van der Waals surface area (Å²) in [6.45, 7) is 8.19. The van der Waals surface area contributed by atoms with Crippen LogP contribution in [0.2, 0.25) is 0 Å². The van der Waals surface area contributed by atoms with E-state index < -0.39 is 28.7 Å². The number of ether oxygens (including phenoxy) is 1. The van der Waals surface area contributed by atoms with Crippen molar-refractivity contribution >= 4 is 51.1 Å². The second kappa shape index (κ2) is 11.5. The van der Waals surface area contributed by atoms with E-state index in [0.29, 0.717) is 25.1 Å². The van der Waals surface area contributed by atoms with Crippen molar-refractivity contribution in [2.24, 2.45) is 11.8 Å². The van der Waals surface area contributed by atoms with Crippen molar-refractivity contribution in [3.63, 3.8) is 0 Å². The molecule has 37 heavy (non-hydrogen) atoms. The monoisotopic (exact) mass is 595 g/mol. The third kappa shape index (κ3) is 5.01. The van der Waals surface area contributed by atoms with Gasteiger partial charge < -0.3 is 25.4 Å². The van der Waals surface area contributed by atoms with E-state index in [9.17, 15) is 19.5 Å². The first kappa shape index (κ1) is 28.2. The Hall–Kier alpha value is -1.78. The van der Waals surface area contributed by atoms with Gasteiger partial charge in [0.1, 0.15) is 11.8 Å². The summed E-state index contributed by atoms with van der Waals surface area (Å²) in [5.74, 6) is -1.11. The Balaban J connectivity index is 1.66. The molecule has 3 aliphatic rings. The van der Waals surface area contributed by atoms with Gasteiger partial charge in [0.25, 0.3) is 0 Å². The lowest BCUT2D eigenvalue weighted by atomic mass is 9.70. The zero-order valence-corrected chi connectivity index (χ0v) is 24.3. The first-order valence-corrected chi connectivity index (χ1v) is 15.1. The highest BCUT2D eigenvalue weighted by Crippen LogP contribution is 2.68. The SMILES string of the molecule is CCCC(C)NC(=O)C1N([C@@H](CC)CO)C(=O)[C@@H]2[C@@H](C(=O)Nc3ccc(OCC)cc3)[C@@H]3SC12CC3Br. The third-order valence-corrected chi connectivity index (χ3v) is 11.1. The van der Waals surface area contributed by atoms with Crippen molar-refractivity contribution < 1.29 is 24.2 Å². The highest BCUT2D eigenvalue weighted by molar-refractivity contribution is 9.09. The van der Waals surface area contributed by atoms with Gasteiger partial charge in [0.15, 0.2) is 0 Å². The molecule has 3 fully saturated rings. The minimum absolute atomic E-state index is 0.00449. The Kier molecular flexibility index (Phi) is 8.80. The average molecular weight is 597 g/mol. The van der Waals surface area contributed by atoms with Gasteiger partial charge in [0, 0.05) is 21.8 Å². The van der Waals surface area contributed by atoms with Gasteiger partial charge >= 0.3 is 0 Å². The molecule has 3 heterocycles. The Morgan fingerprint density at radius 1 is 1.24 bits per heavy atom. The van der Waals surface area contributed by atoms with Crippen LogP contribution in [-0.2, 0) is 14.4 Å². The second-order valence-electron chi connectivity index (χ2n) is 10.3. The topological polar surface area (TPSA) is 108 Å². The highest BCUT2D eigenvalue weighted by atomic mass is 79.9. The van der Waals surface area contributed by atoms with E-state index in [1.54, 1.807) is 40.9 Å². The summed E-state index contributed by atoms with van der Waals surface area (Å²) >= 11 is 5.39. The number of carbonyl (C=O) groups is 3. The smallest absolute Gasteiger partial charge is 0.244 e. The van der Waals surface area contributed by atoms with Crippen molar-refractivity contribution in [1.29, 1.82) is 0 Å². The van der Waals surface area contributed by atoms with E-state index in [0.717, 1.165) is 18.6 Å². The number of alkyl halides is 1. The first-order valence-electron chi connectivity index (χ1n) is 13.3. The van der Waals surface area contributed by atoms with Crippen LogP contribution in [0.3, 0.4) is 0 Å². The normalized spacial score (nSPS) is 31.7. The van der Waals surface area contributed by atoms with Crippen LogP contribution in [0.25, 0.3) is 0 Å². The molecule has 204 valence electrons. The largest absolute Gasteiger partial charge is 0.494 e. The zero-order valence-electron chi connectivity index (χ0n) is 21.9. The van der Waals surface area contributed by atoms with E-state index in [1.165, 1.54) is 0 Å². The maximum absolute atomic E-state index is 14.1. The Morgan fingerprint density at radius 3 is 2.54 bits per heavy atom. The van der Waals surface area contributed by atoms with Crippen molar-refractivity contribution in [2.75, 3.05) is 18.5 Å². The van der Waals surface area contributed by atoms with Crippen LogP contribution in [0.5, 0.6) is 5.75 Å². The lowest BCUT2D eigenvalue weighted by Crippen LogP contribution is -2.58. The third-order valence-electron chi connectivity index (χ3n) is 7.90. The zero-order chi connectivity index (χ0) is 26.9. The molecule has 1 aromatic rings. The van der Waals surface area contributed by atoms with Crippen molar-refractivity contribution in [1.82, 2.24) is 10.2 Å². The number of halogens is 1. The summed E-state index contributed by atoms with van der Waals surface area (Å²) in [4.78, 5) is 43.1. The number of aliphatic hydroxyl groups is 1. The molecule has 3 N–H and O–H groups in total. The molecule has 3 amide bonds.